The average Bonchev–Trinajstić information content (AvgIpc) is 2.72. The summed E-state index contributed by atoms with van der Waals surface area (Å²) in [5.41, 5.74) is 4.98. The Balaban J connectivity index is 3.66. The highest BCUT2D eigenvalue weighted by Gasteiger charge is 2.31. The molecule has 0 saturated carbocycles. The number of carbonyl (C=O) groups excluding carboxylic acids is 3. The summed E-state index contributed by atoms with van der Waals surface area (Å²) in [5, 5.41) is 41.5. The van der Waals surface area contributed by atoms with E-state index < -0.39 is 62.3 Å². The largest absolute Gasteiger partial charge is 0.478 e. The standard InChI is InChI=1S/C17H22ClI2N3O8/c1-6(15(21)28)31-14-11(18)9(16(29)22-7(2-24)3-25)12(19)10(13(14)20)17(30)23-8(4-26)5-27/h6-8,24-27H,2-5H2,1H3,(H2,21,28)(H,22,29)(H,23,30). The van der Waals surface area contributed by atoms with E-state index in [0.717, 1.165) is 0 Å². The molecule has 14 heteroatoms. The Kier molecular flexibility index (Phi) is 11.7. The van der Waals surface area contributed by atoms with E-state index in [9.17, 15) is 34.8 Å². The number of nitrogens with two attached hydrogens (primary N) is 1. The minimum absolute atomic E-state index is 0.0566. The summed E-state index contributed by atoms with van der Waals surface area (Å²) < 4.78 is 5.77. The third-order valence-electron chi connectivity index (χ3n) is 3.98. The summed E-state index contributed by atoms with van der Waals surface area (Å²) in [6, 6.07) is -1.95. The van der Waals surface area contributed by atoms with Gasteiger partial charge in [0, 0.05) is 3.57 Å². The van der Waals surface area contributed by atoms with Crippen LogP contribution in [0, 0.1) is 7.14 Å². The van der Waals surface area contributed by atoms with Crippen molar-refractivity contribution in [2.24, 2.45) is 5.73 Å². The lowest BCUT2D eigenvalue weighted by molar-refractivity contribution is -0.124. The molecule has 0 radical (unpaired) electrons. The van der Waals surface area contributed by atoms with Gasteiger partial charge in [-0.25, -0.2) is 0 Å². The molecule has 1 aromatic rings. The molecule has 0 aliphatic rings. The number of aliphatic hydroxyl groups is 4. The van der Waals surface area contributed by atoms with E-state index in [0.29, 0.717) is 0 Å². The second kappa shape index (κ2) is 12.9. The molecule has 0 aliphatic carbocycles. The fourth-order valence-corrected chi connectivity index (χ4v) is 5.29. The first-order valence-corrected chi connectivity index (χ1v) is 11.3. The number of primary amides is 1. The molecular formula is C17H22ClI2N3O8. The summed E-state index contributed by atoms with van der Waals surface area (Å²) in [7, 11) is 0. The van der Waals surface area contributed by atoms with Crippen molar-refractivity contribution < 1.29 is 39.5 Å². The van der Waals surface area contributed by atoms with Gasteiger partial charge in [-0.05, 0) is 52.1 Å². The Labute approximate surface area is 209 Å². The molecule has 0 bridgehead atoms. The van der Waals surface area contributed by atoms with Gasteiger partial charge in [0.1, 0.15) is 0 Å². The molecule has 8 N–H and O–H groups in total. The van der Waals surface area contributed by atoms with Crippen LogP contribution < -0.4 is 21.1 Å². The Morgan fingerprint density at radius 3 is 1.74 bits per heavy atom. The second-order valence-electron chi connectivity index (χ2n) is 6.25. The molecule has 31 heavy (non-hydrogen) atoms. The molecule has 1 atom stereocenters. The predicted molar refractivity (Wildman–Crippen MR) is 127 cm³/mol. The summed E-state index contributed by atoms with van der Waals surface area (Å²) in [5.74, 6) is -2.53. The first-order chi connectivity index (χ1) is 14.5. The van der Waals surface area contributed by atoms with Gasteiger partial charge in [-0.3, -0.25) is 14.4 Å². The molecule has 0 saturated heterocycles. The minimum Gasteiger partial charge on any atom is -0.478 e. The zero-order valence-corrected chi connectivity index (χ0v) is 21.3. The zero-order chi connectivity index (χ0) is 23.9. The maximum Gasteiger partial charge on any atom is 0.258 e. The van der Waals surface area contributed by atoms with Gasteiger partial charge in [0.05, 0.1) is 58.2 Å². The van der Waals surface area contributed by atoms with Crippen molar-refractivity contribution in [3.8, 4) is 5.75 Å². The first-order valence-electron chi connectivity index (χ1n) is 8.75. The van der Waals surface area contributed by atoms with Crippen LogP contribution in [-0.2, 0) is 4.79 Å². The van der Waals surface area contributed by atoms with Gasteiger partial charge in [-0.15, -0.1) is 0 Å². The molecule has 0 heterocycles. The Morgan fingerprint density at radius 1 is 0.935 bits per heavy atom. The number of hydrogen-bond acceptors (Lipinski definition) is 8. The topological polar surface area (TPSA) is 191 Å². The van der Waals surface area contributed by atoms with Crippen LogP contribution in [0.15, 0.2) is 0 Å². The Bertz CT molecular complexity index is 781. The lowest BCUT2D eigenvalue weighted by atomic mass is 10.1. The second-order valence-corrected chi connectivity index (χ2v) is 8.79. The van der Waals surface area contributed by atoms with Crippen molar-refractivity contribution in [3.63, 3.8) is 0 Å². The quantitative estimate of drug-likeness (QED) is 0.144. The van der Waals surface area contributed by atoms with Crippen LogP contribution >= 0.6 is 56.8 Å². The summed E-state index contributed by atoms with van der Waals surface area (Å²) in [6.07, 6.45) is -1.15. The van der Waals surface area contributed by atoms with Crippen LogP contribution in [0.1, 0.15) is 27.6 Å². The summed E-state index contributed by atoms with van der Waals surface area (Å²) in [6.45, 7) is -0.816. The van der Waals surface area contributed by atoms with E-state index in [1.807, 2.05) is 0 Å². The maximum atomic E-state index is 12.9. The van der Waals surface area contributed by atoms with Crippen LogP contribution in [0.4, 0.5) is 0 Å². The third kappa shape index (κ3) is 7.00. The molecule has 0 fully saturated rings. The zero-order valence-electron chi connectivity index (χ0n) is 16.2. The molecule has 0 aromatic heterocycles. The minimum atomic E-state index is -1.15. The molecule has 1 rings (SSSR count). The van der Waals surface area contributed by atoms with Crippen molar-refractivity contribution in [2.45, 2.75) is 25.1 Å². The smallest absolute Gasteiger partial charge is 0.258 e. The average molecular weight is 686 g/mol. The van der Waals surface area contributed by atoms with Crippen LogP contribution in [0.2, 0.25) is 5.02 Å². The number of hydrogen-bond donors (Lipinski definition) is 7. The summed E-state index contributed by atoms with van der Waals surface area (Å²) in [4.78, 5) is 37.1. The molecule has 0 aliphatic heterocycles. The van der Waals surface area contributed by atoms with Crippen LogP contribution in [0.5, 0.6) is 5.75 Å². The molecule has 174 valence electrons. The van der Waals surface area contributed by atoms with Crippen molar-refractivity contribution in [3.05, 3.63) is 23.3 Å². The number of benzene rings is 1. The molecule has 3 amide bonds. The van der Waals surface area contributed by atoms with Gasteiger partial charge in [0.25, 0.3) is 17.7 Å². The lowest BCUT2D eigenvalue weighted by Crippen LogP contribution is -2.42. The predicted octanol–water partition coefficient (Wildman–Crippen LogP) is -1.03. The van der Waals surface area contributed by atoms with Gasteiger partial charge in [0.15, 0.2) is 11.9 Å². The van der Waals surface area contributed by atoms with Gasteiger partial charge >= 0.3 is 0 Å². The SMILES string of the molecule is CC(Oc1c(Cl)c(C(=O)NC(CO)CO)c(I)c(C(=O)NC(CO)CO)c1I)C(N)=O. The monoisotopic (exact) mass is 685 g/mol. The Hall–Kier alpha value is -0.980. The normalized spacial score (nSPS) is 12.1. The molecule has 11 nitrogen and oxygen atoms in total. The van der Waals surface area contributed by atoms with Crippen LogP contribution in [-0.4, -0.2) is 82.8 Å². The van der Waals surface area contributed by atoms with Crippen molar-refractivity contribution in [1.82, 2.24) is 10.6 Å². The van der Waals surface area contributed by atoms with Crippen molar-refractivity contribution >= 4 is 74.5 Å². The maximum absolute atomic E-state index is 12.9. The molecule has 0 spiro atoms. The molecular weight excluding hydrogens is 663 g/mol. The summed E-state index contributed by atoms with van der Waals surface area (Å²) >= 11 is 9.86. The Morgan fingerprint density at radius 2 is 1.35 bits per heavy atom. The fraction of sp³-hybridized carbons (Fsp3) is 0.471. The number of rotatable bonds is 11. The van der Waals surface area contributed by atoms with Gasteiger partial charge < -0.3 is 41.5 Å². The van der Waals surface area contributed by atoms with Crippen molar-refractivity contribution in [2.75, 3.05) is 26.4 Å². The number of amides is 3. The van der Waals surface area contributed by atoms with Crippen LogP contribution in [0.25, 0.3) is 0 Å². The number of nitrogens with one attached hydrogen (secondary N) is 2. The van der Waals surface area contributed by atoms with E-state index in [2.05, 4.69) is 10.6 Å². The highest BCUT2D eigenvalue weighted by molar-refractivity contribution is 14.1. The molecule has 1 unspecified atom stereocenters. The number of ether oxygens (including phenoxy) is 1. The van der Waals surface area contributed by atoms with E-state index >= 15 is 0 Å². The van der Waals surface area contributed by atoms with Crippen LogP contribution in [0.3, 0.4) is 0 Å². The third-order valence-corrected chi connectivity index (χ3v) is 6.45. The van der Waals surface area contributed by atoms with E-state index in [1.165, 1.54) is 6.92 Å². The number of aliphatic hydroxyl groups excluding tert-OH is 4. The molecule has 1 aromatic carbocycles. The van der Waals surface area contributed by atoms with Crippen molar-refractivity contribution in [1.29, 1.82) is 0 Å². The van der Waals surface area contributed by atoms with E-state index in [1.54, 1.807) is 45.2 Å². The highest BCUT2D eigenvalue weighted by atomic mass is 127. The lowest BCUT2D eigenvalue weighted by Gasteiger charge is -2.22. The number of halogens is 3. The van der Waals surface area contributed by atoms with Gasteiger partial charge in [0.2, 0.25) is 0 Å². The van der Waals surface area contributed by atoms with Gasteiger partial charge in [-0.2, -0.15) is 0 Å². The first kappa shape index (κ1) is 28.1. The van der Waals surface area contributed by atoms with E-state index in [-0.39, 0.29) is 29.0 Å². The van der Waals surface area contributed by atoms with Gasteiger partial charge in [-0.1, -0.05) is 11.6 Å². The fourth-order valence-electron chi connectivity index (χ4n) is 2.19. The van der Waals surface area contributed by atoms with E-state index in [4.69, 9.17) is 22.1 Å². The highest BCUT2D eigenvalue weighted by Crippen LogP contribution is 2.40. The number of carbonyl (C=O) groups is 3.